The molecule has 1 aromatic rings. The molecule has 28 heavy (non-hydrogen) atoms. The van der Waals surface area contributed by atoms with E-state index in [-0.39, 0.29) is 29.7 Å². The van der Waals surface area contributed by atoms with Crippen LogP contribution in [0.15, 0.2) is 18.2 Å². The lowest BCUT2D eigenvalue weighted by Crippen LogP contribution is -2.52. The third kappa shape index (κ3) is 2.93. The number of imide groups is 1. The maximum absolute atomic E-state index is 13.2. The zero-order valence-electron chi connectivity index (χ0n) is 15.9. The fourth-order valence-electron chi connectivity index (χ4n) is 5.10. The van der Waals surface area contributed by atoms with E-state index >= 15 is 0 Å². The van der Waals surface area contributed by atoms with Crippen molar-refractivity contribution < 1.29 is 14.4 Å². The third-order valence-electron chi connectivity index (χ3n) is 6.90. The van der Waals surface area contributed by atoms with Crippen LogP contribution in [0.4, 0.5) is 0 Å². The van der Waals surface area contributed by atoms with Crippen molar-refractivity contribution >= 4 is 17.7 Å². The fraction of sp³-hybridized carbons (Fsp3) is 0.571. The van der Waals surface area contributed by atoms with E-state index in [9.17, 15) is 14.4 Å². The van der Waals surface area contributed by atoms with Crippen molar-refractivity contribution in [3.8, 4) is 0 Å². The summed E-state index contributed by atoms with van der Waals surface area (Å²) in [6, 6.07) is 5.42. The summed E-state index contributed by atoms with van der Waals surface area (Å²) in [4.78, 5) is 38.5. The van der Waals surface area contributed by atoms with Gasteiger partial charge in [-0.2, -0.15) is 0 Å². The van der Waals surface area contributed by atoms with Gasteiger partial charge in [-0.1, -0.05) is 18.2 Å². The summed E-state index contributed by atoms with van der Waals surface area (Å²) in [6.07, 6.45) is 4.29. The first-order chi connectivity index (χ1) is 13.6. The van der Waals surface area contributed by atoms with Gasteiger partial charge in [0.25, 0.3) is 5.91 Å². The van der Waals surface area contributed by atoms with Crippen molar-refractivity contribution in [2.24, 2.45) is 5.92 Å². The molecule has 0 radical (unpaired) electrons. The standard InChI is InChI=1S/C21H26N4O3/c26-17-5-4-16(19(27)24-17)25-12-14-3-1-2-13(18(14)20(25)28)10-23-21(7-8-21)15-6-9-22-11-15/h1-3,15-16,22-23H,4-12H2,(H,24,26,27). The Morgan fingerprint density at radius 1 is 1.18 bits per heavy atom. The smallest absolute Gasteiger partial charge is 0.255 e. The molecule has 3 heterocycles. The molecule has 3 N–H and O–H groups in total. The van der Waals surface area contributed by atoms with E-state index in [4.69, 9.17) is 0 Å². The lowest BCUT2D eigenvalue weighted by atomic mass is 9.95. The molecule has 2 unspecified atom stereocenters. The van der Waals surface area contributed by atoms with Crippen LogP contribution < -0.4 is 16.0 Å². The van der Waals surface area contributed by atoms with E-state index in [1.54, 1.807) is 4.90 Å². The molecule has 148 valence electrons. The highest BCUT2D eigenvalue weighted by atomic mass is 16.2. The number of carbonyl (C=O) groups excluding carboxylic acids is 3. The summed E-state index contributed by atoms with van der Waals surface area (Å²) < 4.78 is 0. The van der Waals surface area contributed by atoms with Crippen LogP contribution >= 0.6 is 0 Å². The van der Waals surface area contributed by atoms with Gasteiger partial charge in [0.15, 0.2) is 0 Å². The molecule has 1 aromatic carbocycles. The van der Waals surface area contributed by atoms with Gasteiger partial charge in [0.1, 0.15) is 6.04 Å². The lowest BCUT2D eigenvalue weighted by Gasteiger charge is -2.29. The number of nitrogens with one attached hydrogen (secondary N) is 3. The molecule has 2 saturated heterocycles. The van der Waals surface area contributed by atoms with E-state index < -0.39 is 6.04 Å². The molecule has 0 aromatic heterocycles. The number of hydrogen-bond acceptors (Lipinski definition) is 5. The molecule has 4 aliphatic rings. The number of fused-ring (bicyclic) bond motifs is 1. The third-order valence-corrected chi connectivity index (χ3v) is 6.90. The molecule has 5 rings (SSSR count). The van der Waals surface area contributed by atoms with Gasteiger partial charge in [-0.3, -0.25) is 19.7 Å². The zero-order chi connectivity index (χ0) is 19.3. The number of benzene rings is 1. The van der Waals surface area contributed by atoms with E-state index in [1.807, 2.05) is 18.2 Å². The Morgan fingerprint density at radius 2 is 2.04 bits per heavy atom. The van der Waals surface area contributed by atoms with E-state index in [2.05, 4.69) is 16.0 Å². The summed E-state index contributed by atoms with van der Waals surface area (Å²) in [7, 11) is 0. The largest absolute Gasteiger partial charge is 0.322 e. The number of piperidine rings is 1. The average Bonchev–Trinajstić information content (AvgIpc) is 3.10. The summed E-state index contributed by atoms with van der Waals surface area (Å²) in [5.41, 5.74) is 2.94. The Hall–Kier alpha value is -2.25. The molecule has 1 saturated carbocycles. The van der Waals surface area contributed by atoms with Crippen LogP contribution in [0.5, 0.6) is 0 Å². The van der Waals surface area contributed by atoms with Crippen molar-refractivity contribution in [3.05, 3.63) is 34.9 Å². The monoisotopic (exact) mass is 382 g/mol. The second-order valence-corrected chi connectivity index (χ2v) is 8.55. The van der Waals surface area contributed by atoms with Crippen molar-refractivity contribution in [1.29, 1.82) is 0 Å². The van der Waals surface area contributed by atoms with Crippen LogP contribution in [-0.2, 0) is 22.7 Å². The van der Waals surface area contributed by atoms with Gasteiger partial charge in [-0.05, 0) is 55.8 Å². The van der Waals surface area contributed by atoms with Crippen molar-refractivity contribution in [1.82, 2.24) is 20.9 Å². The normalized spacial score (nSPS) is 28.4. The molecule has 7 nitrogen and oxygen atoms in total. The second-order valence-electron chi connectivity index (χ2n) is 8.55. The van der Waals surface area contributed by atoms with Crippen molar-refractivity contribution in [3.63, 3.8) is 0 Å². The Kier molecular flexibility index (Phi) is 4.25. The minimum absolute atomic E-state index is 0.0886. The van der Waals surface area contributed by atoms with Crippen LogP contribution in [0.3, 0.4) is 0 Å². The van der Waals surface area contributed by atoms with Gasteiger partial charge in [-0.15, -0.1) is 0 Å². The van der Waals surface area contributed by atoms with Gasteiger partial charge in [0.05, 0.1) is 0 Å². The van der Waals surface area contributed by atoms with Gasteiger partial charge < -0.3 is 15.5 Å². The molecule has 0 bridgehead atoms. The molecule has 3 fully saturated rings. The minimum Gasteiger partial charge on any atom is -0.322 e. The summed E-state index contributed by atoms with van der Waals surface area (Å²) >= 11 is 0. The van der Waals surface area contributed by atoms with E-state index in [1.165, 1.54) is 19.3 Å². The van der Waals surface area contributed by atoms with Crippen molar-refractivity contribution in [2.75, 3.05) is 13.1 Å². The molecule has 1 aliphatic carbocycles. The first kappa shape index (κ1) is 17.8. The number of amides is 3. The van der Waals surface area contributed by atoms with E-state index in [0.717, 1.165) is 29.8 Å². The first-order valence-electron chi connectivity index (χ1n) is 10.3. The molecule has 3 aliphatic heterocycles. The molecule has 0 spiro atoms. The highest BCUT2D eigenvalue weighted by Crippen LogP contribution is 2.45. The van der Waals surface area contributed by atoms with E-state index in [0.29, 0.717) is 25.4 Å². The highest BCUT2D eigenvalue weighted by Gasteiger charge is 2.49. The number of nitrogens with zero attached hydrogens (tertiary/aromatic N) is 1. The average molecular weight is 382 g/mol. The van der Waals surface area contributed by atoms with Gasteiger partial charge >= 0.3 is 0 Å². The van der Waals surface area contributed by atoms with Crippen LogP contribution in [0.2, 0.25) is 0 Å². The number of carbonyl (C=O) groups is 3. The summed E-state index contributed by atoms with van der Waals surface area (Å²) in [5.74, 6) is -0.0385. The number of rotatable bonds is 5. The highest BCUT2D eigenvalue weighted by molar-refractivity contribution is 6.05. The predicted octanol–water partition coefficient (Wildman–Crippen LogP) is 0.679. The van der Waals surface area contributed by atoms with Gasteiger partial charge in [0, 0.05) is 30.6 Å². The zero-order valence-corrected chi connectivity index (χ0v) is 15.9. The fourth-order valence-corrected chi connectivity index (χ4v) is 5.10. The summed E-state index contributed by atoms with van der Waals surface area (Å²) in [5, 5.41) is 9.57. The molecule has 3 amide bonds. The Balaban J connectivity index is 1.33. The minimum atomic E-state index is -0.558. The maximum Gasteiger partial charge on any atom is 0.255 e. The molecular formula is C21H26N4O3. The van der Waals surface area contributed by atoms with Crippen LogP contribution in [0.1, 0.15) is 53.6 Å². The number of hydrogen-bond donors (Lipinski definition) is 3. The second kappa shape index (κ2) is 6.67. The molecular weight excluding hydrogens is 356 g/mol. The topological polar surface area (TPSA) is 90.5 Å². The molecule has 7 heteroatoms. The predicted molar refractivity (Wildman–Crippen MR) is 102 cm³/mol. The van der Waals surface area contributed by atoms with Crippen LogP contribution in [-0.4, -0.2) is 47.3 Å². The Morgan fingerprint density at radius 3 is 2.75 bits per heavy atom. The summed E-state index contributed by atoms with van der Waals surface area (Å²) in [6.45, 7) is 3.27. The van der Waals surface area contributed by atoms with Gasteiger partial charge in [-0.25, -0.2) is 0 Å². The first-order valence-corrected chi connectivity index (χ1v) is 10.3. The van der Waals surface area contributed by atoms with Gasteiger partial charge in [0.2, 0.25) is 11.8 Å². The lowest BCUT2D eigenvalue weighted by molar-refractivity contribution is -0.136. The van der Waals surface area contributed by atoms with Crippen LogP contribution in [0.25, 0.3) is 0 Å². The Labute approximate surface area is 164 Å². The van der Waals surface area contributed by atoms with Crippen molar-refractivity contribution in [2.45, 2.75) is 56.8 Å². The molecule has 2 atom stereocenters. The quantitative estimate of drug-likeness (QED) is 0.652. The van der Waals surface area contributed by atoms with Crippen LogP contribution in [0, 0.1) is 5.92 Å². The maximum atomic E-state index is 13.2. The SMILES string of the molecule is O=C1CCC(N2Cc3cccc(CNC4(C5CCNC5)CC4)c3C2=O)C(=O)N1. The Bertz CT molecular complexity index is 842.